The Bertz CT molecular complexity index is 671. The zero-order valence-corrected chi connectivity index (χ0v) is 15.0. The van der Waals surface area contributed by atoms with Crippen molar-refractivity contribution in [3.8, 4) is 11.5 Å². The number of methoxy groups -OCH3 is 2. The fourth-order valence-corrected chi connectivity index (χ4v) is 2.90. The van der Waals surface area contributed by atoms with Crippen LogP contribution in [0.1, 0.15) is 37.7 Å². The summed E-state index contributed by atoms with van der Waals surface area (Å²) >= 11 is 0. The molecule has 2 rings (SSSR count). The van der Waals surface area contributed by atoms with E-state index in [-0.39, 0.29) is 29.5 Å². The molecule has 0 aliphatic heterocycles. The van der Waals surface area contributed by atoms with Crippen LogP contribution in [0.4, 0.5) is 5.69 Å². The van der Waals surface area contributed by atoms with Crippen LogP contribution in [-0.2, 0) is 4.79 Å². The Morgan fingerprint density at radius 1 is 1.27 bits per heavy atom. The van der Waals surface area contributed by atoms with Crippen LogP contribution in [0.15, 0.2) is 17.2 Å². The van der Waals surface area contributed by atoms with Crippen molar-refractivity contribution in [3.05, 3.63) is 27.8 Å². The van der Waals surface area contributed by atoms with E-state index in [4.69, 9.17) is 9.47 Å². The molecule has 1 aromatic rings. The first kappa shape index (κ1) is 19.6. The van der Waals surface area contributed by atoms with Crippen molar-refractivity contribution in [1.29, 1.82) is 0 Å². The number of rotatable bonds is 8. The van der Waals surface area contributed by atoms with Crippen LogP contribution in [0, 0.1) is 10.1 Å². The first-order valence-electron chi connectivity index (χ1n) is 8.51. The lowest BCUT2D eigenvalue weighted by Gasteiger charge is -2.22. The zero-order valence-electron chi connectivity index (χ0n) is 15.0. The minimum Gasteiger partial charge on any atom is -0.493 e. The molecular formula is C17H24N4O5. The highest BCUT2D eigenvalue weighted by Gasteiger charge is 2.18. The number of hydrogen-bond acceptors (Lipinski definition) is 7. The second-order valence-electron chi connectivity index (χ2n) is 6.03. The van der Waals surface area contributed by atoms with E-state index in [1.807, 2.05) is 0 Å². The van der Waals surface area contributed by atoms with Crippen LogP contribution in [-0.4, -0.2) is 43.9 Å². The van der Waals surface area contributed by atoms with E-state index < -0.39 is 4.92 Å². The number of carbonyl (C=O) groups excluding carboxylic acids is 1. The summed E-state index contributed by atoms with van der Waals surface area (Å²) in [6, 6.07) is 3.06. The molecule has 0 atom stereocenters. The number of carbonyl (C=O) groups is 1. The molecule has 1 amide bonds. The van der Waals surface area contributed by atoms with Crippen LogP contribution in [0.3, 0.4) is 0 Å². The standard InChI is InChI=1S/C17H24N4O5/c1-25-15-8-12(14(21(23)24)9-16(15)26-2)10-19-20-17(22)11-18-13-6-4-3-5-7-13/h8-10,13,18H,3-7,11H2,1-2H3,(H,20,22)/b19-10-. The smallest absolute Gasteiger partial charge is 0.282 e. The third kappa shape index (κ3) is 5.41. The van der Waals surface area contributed by atoms with Gasteiger partial charge in [-0.25, -0.2) is 5.43 Å². The van der Waals surface area contributed by atoms with Gasteiger partial charge < -0.3 is 14.8 Å². The first-order valence-corrected chi connectivity index (χ1v) is 8.51. The van der Waals surface area contributed by atoms with E-state index in [0.29, 0.717) is 11.8 Å². The molecule has 1 fully saturated rings. The predicted molar refractivity (Wildman–Crippen MR) is 96.8 cm³/mol. The Balaban J connectivity index is 1.97. The minimum absolute atomic E-state index is 0.163. The number of nitro groups is 1. The van der Waals surface area contributed by atoms with Gasteiger partial charge in [-0.3, -0.25) is 14.9 Å². The van der Waals surface area contributed by atoms with Gasteiger partial charge in [0.05, 0.1) is 43.5 Å². The lowest BCUT2D eigenvalue weighted by atomic mass is 9.95. The third-order valence-electron chi connectivity index (χ3n) is 4.28. The molecule has 26 heavy (non-hydrogen) atoms. The van der Waals surface area contributed by atoms with Crippen LogP contribution < -0.4 is 20.2 Å². The van der Waals surface area contributed by atoms with Gasteiger partial charge in [-0.1, -0.05) is 19.3 Å². The quantitative estimate of drug-likeness (QED) is 0.414. The molecular weight excluding hydrogens is 340 g/mol. The van der Waals surface area contributed by atoms with Gasteiger partial charge in [-0.2, -0.15) is 5.10 Å². The van der Waals surface area contributed by atoms with Crippen LogP contribution in [0.5, 0.6) is 11.5 Å². The molecule has 0 bridgehead atoms. The number of hydrogen-bond donors (Lipinski definition) is 2. The second-order valence-corrected chi connectivity index (χ2v) is 6.03. The molecule has 0 saturated heterocycles. The van der Waals surface area contributed by atoms with Gasteiger partial charge in [0.2, 0.25) is 0 Å². The first-order chi connectivity index (χ1) is 12.5. The Kier molecular flexibility index (Phi) is 7.34. The summed E-state index contributed by atoms with van der Waals surface area (Å²) in [5, 5.41) is 18.2. The molecule has 2 N–H and O–H groups in total. The number of nitrogens with one attached hydrogen (secondary N) is 2. The van der Waals surface area contributed by atoms with Gasteiger partial charge in [0, 0.05) is 6.04 Å². The Morgan fingerprint density at radius 2 is 1.92 bits per heavy atom. The maximum absolute atomic E-state index is 11.9. The number of benzene rings is 1. The summed E-state index contributed by atoms with van der Waals surface area (Å²) in [4.78, 5) is 22.5. The summed E-state index contributed by atoms with van der Waals surface area (Å²) < 4.78 is 10.2. The molecule has 1 aliphatic rings. The molecule has 9 nitrogen and oxygen atoms in total. The lowest BCUT2D eigenvalue weighted by molar-refractivity contribution is -0.385. The Hall–Kier alpha value is -2.68. The average molecular weight is 364 g/mol. The molecule has 0 aromatic heterocycles. The largest absolute Gasteiger partial charge is 0.493 e. The van der Waals surface area contributed by atoms with Gasteiger partial charge >= 0.3 is 0 Å². The fourth-order valence-electron chi connectivity index (χ4n) is 2.90. The van der Waals surface area contributed by atoms with E-state index in [0.717, 1.165) is 12.8 Å². The third-order valence-corrected chi connectivity index (χ3v) is 4.28. The highest BCUT2D eigenvalue weighted by atomic mass is 16.6. The molecule has 1 saturated carbocycles. The van der Waals surface area contributed by atoms with Crippen LogP contribution >= 0.6 is 0 Å². The molecule has 9 heteroatoms. The van der Waals surface area contributed by atoms with Gasteiger partial charge in [0.25, 0.3) is 11.6 Å². The van der Waals surface area contributed by atoms with Crippen molar-refractivity contribution in [3.63, 3.8) is 0 Å². The lowest BCUT2D eigenvalue weighted by Crippen LogP contribution is -2.38. The van der Waals surface area contributed by atoms with Crippen molar-refractivity contribution in [2.24, 2.45) is 5.10 Å². The monoisotopic (exact) mass is 364 g/mol. The van der Waals surface area contributed by atoms with Gasteiger partial charge in [0.1, 0.15) is 0 Å². The fraction of sp³-hybridized carbons (Fsp3) is 0.529. The molecule has 0 heterocycles. The summed E-state index contributed by atoms with van der Waals surface area (Å²) in [7, 11) is 2.83. The predicted octanol–water partition coefficient (Wildman–Crippen LogP) is 1.98. The number of ether oxygens (including phenoxy) is 2. The van der Waals surface area contributed by atoms with Crippen molar-refractivity contribution in [2.75, 3.05) is 20.8 Å². The maximum atomic E-state index is 11.9. The molecule has 1 aliphatic carbocycles. The second kappa shape index (κ2) is 9.71. The van der Waals surface area contributed by atoms with E-state index in [9.17, 15) is 14.9 Å². The minimum atomic E-state index is -0.546. The normalized spacial score (nSPS) is 15.0. The number of nitrogens with zero attached hydrogens (tertiary/aromatic N) is 2. The zero-order chi connectivity index (χ0) is 18.9. The summed E-state index contributed by atoms with van der Waals surface area (Å²) in [5.41, 5.74) is 2.38. The van der Waals surface area contributed by atoms with Crippen molar-refractivity contribution >= 4 is 17.8 Å². The van der Waals surface area contributed by atoms with Crippen molar-refractivity contribution in [2.45, 2.75) is 38.1 Å². The van der Waals surface area contributed by atoms with E-state index >= 15 is 0 Å². The number of hydrazone groups is 1. The van der Waals surface area contributed by atoms with Crippen molar-refractivity contribution < 1.29 is 19.2 Å². The highest BCUT2D eigenvalue weighted by molar-refractivity contribution is 5.88. The summed E-state index contributed by atoms with van der Waals surface area (Å²) in [6.07, 6.45) is 6.99. The SMILES string of the molecule is COc1cc(/C=N\NC(=O)CNC2CCCCC2)c([N+](=O)[O-])cc1OC. The molecule has 0 spiro atoms. The van der Waals surface area contributed by atoms with Crippen LogP contribution in [0.25, 0.3) is 0 Å². The van der Waals surface area contributed by atoms with Crippen molar-refractivity contribution in [1.82, 2.24) is 10.7 Å². The maximum Gasteiger partial charge on any atom is 0.282 e. The summed E-state index contributed by atoms with van der Waals surface area (Å²) in [5.74, 6) is 0.289. The van der Waals surface area contributed by atoms with E-state index in [1.165, 1.54) is 51.8 Å². The van der Waals surface area contributed by atoms with E-state index in [1.54, 1.807) is 0 Å². The highest BCUT2D eigenvalue weighted by Crippen LogP contribution is 2.33. The number of nitro benzene ring substituents is 1. The molecule has 0 radical (unpaired) electrons. The topological polar surface area (TPSA) is 115 Å². The molecule has 1 aromatic carbocycles. The van der Waals surface area contributed by atoms with Crippen LogP contribution in [0.2, 0.25) is 0 Å². The van der Waals surface area contributed by atoms with E-state index in [2.05, 4.69) is 15.8 Å². The van der Waals surface area contributed by atoms with Gasteiger partial charge in [-0.15, -0.1) is 0 Å². The number of amides is 1. The molecule has 0 unspecified atom stereocenters. The Morgan fingerprint density at radius 3 is 2.54 bits per heavy atom. The summed E-state index contributed by atoms with van der Waals surface area (Å²) in [6.45, 7) is 0.163. The molecule has 142 valence electrons. The average Bonchev–Trinajstić information content (AvgIpc) is 2.66. The van der Waals surface area contributed by atoms with Gasteiger partial charge in [0.15, 0.2) is 11.5 Å². The van der Waals surface area contributed by atoms with Gasteiger partial charge in [-0.05, 0) is 18.9 Å². The Labute approximate surface area is 151 Å².